The van der Waals surface area contributed by atoms with Crippen molar-refractivity contribution in [2.75, 3.05) is 28.4 Å². The maximum Gasteiger partial charge on any atom is 0.310 e. The Hall–Kier alpha value is -2.89. The zero-order valence-corrected chi connectivity index (χ0v) is 14.8. The summed E-state index contributed by atoms with van der Waals surface area (Å²) < 4.78 is 26.3. The second-order valence-corrected chi connectivity index (χ2v) is 5.22. The SMILES string of the molecule is COc1ccc(CC(=O)OCc2cc(OC)c(OC)c(OC)c2)cc1. The maximum absolute atomic E-state index is 12.0. The van der Waals surface area contributed by atoms with Gasteiger partial charge >= 0.3 is 5.97 Å². The first kappa shape index (κ1) is 18.4. The van der Waals surface area contributed by atoms with Crippen LogP contribution in [0.5, 0.6) is 23.0 Å². The predicted octanol–water partition coefficient (Wildman–Crippen LogP) is 3.01. The molecule has 0 aliphatic heterocycles. The van der Waals surface area contributed by atoms with E-state index in [1.807, 2.05) is 24.3 Å². The second kappa shape index (κ2) is 8.82. The van der Waals surface area contributed by atoms with Crippen LogP contribution in [0, 0.1) is 0 Å². The minimum Gasteiger partial charge on any atom is -0.497 e. The number of hydrogen-bond acceptors (Lipinski definition) is 6. The standard InChI is InChI=1S/C19H22O6/c1-21-15-7-5-13(6-8-15)11-18(20)25-12-14-9-16(22-2)19(24-4)17(10-14)23-3/h5-10H,11-12H2,1-4H3. The van der Waals surface area contributed by atoms with Gasteiger partial charge in [-0.25, -0.2) is 0 Å². The lowest BCUT2D eigenvalue weighted by Crippen LogP contribution is -2.08. The van der Waals surface area contributed by atoms with E-state index < -0.39 is 0 Å². The molecule has 0 saturated heterocycles. The first-order valence-corrected chi connectivity index (χ1v) is 7.68. The van der Waals surface area contributed by atoms with Gasteiger partial charge in [0.2, 0.25) is 5.75 Å². The highest BCUT2D eigenvalue weighted by Crippen LogP contribution is 2.38. The lowest BCUT2D eigenvalue weighted by Gasteiger charge is -2.14. The molecule has 25 heavy (non-hydrogen) atoms. The van der Waals surface area contributed by atoms with E-state index in [2.05, 4.69) is 0 Å². The van der Waals surface area contributed by atoms with Gasteiger partial charge in [-0.15, -0.1) is 0 Å². The van der Waals surface area contributed by atoms with E-state index in [0.717, 1.165) is 16.9 Å². The zero-order valence-electron chi connectivity index (χ0n) is 14.8. The van der Waals surface area contributed by atoms with Gasteiger partial charge in [0.05, 0.1) is 34.9 Å². The summed E-state index contributed by atoms with van der Waals surface area (Å²) in [6.07, 6.45) is 0.189. The summed E-state index contributed by atoms with van der Waals surface area (Å²) in [7, 11) is 6.21. The van der Waals surface area contributed by atoms with E-state index in [4.69, 9.17) is 23.7 Å². The van der Waals surface area contributed by atoms with Gasteiger partial charge in [-0.05, 0) is 35.4 Å². The normalized spacial score (nSPS) is 10.1. The molecular weight excluding hydrogens is 324 g/mol. The van der Waals surface area contributed by atoms with Crippen LogP contribution in [-0.4, -0.2) is 34.4 Å². The highest BCUT2D eigenvalue weighted by atomic mass is 16.5. The van der Waals surface area contributed by atoms with Gasteiger partial charge in [-0.2, -0.15) is 0 Å². The van der Waals surface area contributed by atoms with Crippen LogP contribution in [-0.2, 0) is 22.6 Å². The van der Waals surface area contributed by atoms with Crippen LogP contribution in [0.2, 0.25) is 0 Å². The molecule has 6 heteroatoms. The first-order chi connectivity index (χ1) is 12.1. The largest absolute Gasteiger partial charge is 0.497 e. The Labute approximate surface area is 147 Å². The van der Waals surface area contributed by atoms with E-state index >= 15 is 0 Å². The Bertz CT molecular complexity index is 683. The average molecular weight is 346 g/mol. The molecule has 0 atom stereocenters. The molecule has 0 aliphatic rings. The molecule has 2 aromatic carbocycles. The van der Waals surface area contributed by atoms with E-state index in [0.29, 0.717) is 17.2 Å². The molecule has 0 saturated carbocycles. The zero-order chi connectivity index (χ0) is 18.2. The first-order valence-electron chi connectivity index (χ1n) is 7.68. The number of carbonyl (C=O) groups is 1. The number of ether oxygens (including phenoxy) is 5. The van der Waals surface area contributed by atoms with Crippen LogP contribution >= 0.6 is 0 Å². The smallest absolute Gasteiger partial charge is 0.310 e. The highest BCUT2D eigenvalue weighted by Gasteiger charge is 2.14. The Balaban J connectivity index is 2.01. The van der Waals surface area contributed by atoms with Crippen LogP contribution in [0.25, 0.3) is 0 Å². The van der Waals surface area contributed by atoms with Crippen LogP contribution < -0.4 is 18.9 Å². The van der Waals surface area contributed by atoms with Crippen LogP contribution in [0.1, 0.15) is 11.1 Å². The molecule has 0 radical (unpaired) electrons. The fraction of sp³-hybridized carbons (Fsp3) is 0.316. The molecule has 0 aliphatic carbocycles. The third kappa shape index (κ3) is 4.79. The number of rotatable bonds is 8. The monoisotopic (exact) mass is 346 g/mol. The molecule has 2 aromatic rings. The van der Waals surface area contributed by atoms with Gasteiger partial charge in [0.25, 0.3) is 0 Å². The van der Waals surface area contributed by atoms with Gasteiger partial charge in [-0.3, -0.25) is 4.79 Å². The molecule has 0 unspecified atom stereocenters. The quantitative estimate of drug-likeness (QED) is 0.685. The van der Waals surface area contributed by atoms with Crippen LogP contribution in [0.3, 0.4) is 0 Å². The molecule has 2 rings (SSSR count). The van der Waals surface area contributed by atoms with Crippen molar-refractivity contribution in [1.82, 2.24) is 0 Å². The molecule has 134 valence electrons. The van der Waals surface area contributed by atoms with Gasteiger partial charge < -0.3 is 23.7 Å². The summed E-state index contributed by atoms with van der Waals surface area (Å²) in [5, 5.41) is 0. The Kier molecular flexibility index (Phi) is 6.51. The lowest BCUT2D eigenvalue weighted by molar-refractivity contribution is -0.144. The lowest BCUT2D eigenvalue weighted by atomic mass is 10.1. The van der Waals surface area contributed by atoms with Crippen molar-refractivity contribution in [2.45, 2.75) is 13.0 Å². The molecule has 0 fully saturated rings. The van der Waals surface area contributed by atoms with Crippen molar-refractivity contribution in [2.24, 2.45) is 0 Å². The maximum atomic E-state index is 12.0. The topological polar surface area (TPSA) is 63.2 Å². The van der Waals surface area contributed by atoms with Gasteiger partial charge in [0, 0.05) is 0 Å². The number of esters is 1. The predicted molar refractivity (Wildman–Crippen MR) is 92.6 cm³/mol. The minimum atomic E-state index is -0.320. The van der Waals surface area contributed by atoms with Gasteiger partial charge in [0.15, 0.2) is 11.5 Å². The summed E-state index contributed by atoms with van der Waals surface area (Å²) in [6, 6.07) is 10.8. The van der Waals surface area contributed by atoms with Crippen molar-refractivity contribution >= 4 is 5.97 Å². The van der Waals surface area contributed by atoms with Crippen LogP contribution in [0.4, 0.5) is 0 Å². The number of methoxy groups -OCH3 is 4. The summed E-state index contributed by atoms with van der Waals surface area (Å²) in [5.74, 6) is 1.96. The molecule has 0 bridgehead atoms. The second-order valence-electron chi connectivity index (χ2n) is 5.22. The molecular formula is C19H22O6. The molecule has 6 nitrogen and oxygen atoms in total. The highest BCUT2D eigenvalue weighted by molar-refractivity contribution is 5.72. The average Bonchev–Trinajstić information content (AvgIpc) is 2.65. The van der Waals surface area contributed by atoms with Gasteiger partial charge in [0.1, 0.15) is 12.4 Å². The molecule has 0 heterocycles. The summed E-state index contributed by atoms with van der Waals surface area (Å²) >= 11 is 0. The van der Waals surface area contributed by atoms with Crippen molar-refractivity contribution < 1.29 is 28.5 Å². The van der Waals surface area contributed by atoms with Crippen molar-refractivity contribution in [3.8, 4) is 23.0 Å². The third-order valence-corrected chi connectivity index (χ3v) is 3.63. The van der Waals surface area contributed by atoms with E-state index in [9.17, 15) is 4.79 Å². The van der Waals surface area contributed by atoms with E-state index in [-0.39, 0.29) is 19.0 Å². The Morgan fingerprint density at radius 2 is 1.40 bits per heavy atom. The summed E-state index contributed by atoms with van der Waals surface area (Å²) in [6.45, 7) is 0.117. The Morgan fingerprint density at radius 1 is 0.800 bits per heavy atom. The molecule has 0 N–H and O–H groups in total. The van der Waals surface area contributed by atoms with E-state index in [1.54, 1.807) is 19.2 Å². The third-order valence-electron chi connectivity index (χ3n) is 3.63. The van der Waals surface area contributed by atoms with Gasteiger partial charge in [-0.1, -0.05) is 12.1 Å². The fourth-order valence-corrected chi connectivity index (χ4v) is 2.34. The molecule has 0 amide bonds. The van der Waals surface area contributed by atoms with Crippen molar-refractivity contribution in [3.05, 3.63) is 47.5 Å². The minimum absolute atomic E-state index is 0.117. The molecule has 0 spiro atoms. The number of benzene rings is 2. The van der Waals surface area contributed by atoms with E-state index in [1.165, 1.54) is 21.3 Å². The van der Waals surface area contributed by atoms with Crippen molar-refractivity contribution in [1.29, 1.82) is 0 Å². The number of hydrogen-bond donors (Lipinski definition) is 0. The van der Waals surface area contributed by atoms with Crippen LogP contribution in [0.15, 0.2) is 36.4 Å². The molecule has 0 aromatic heterocycles. The number of carbonyl (C=O) groups excluding carboxylic acids is 1. The summed E-state index contributed by atoms with van der Waals surface area (Å²) in [5.41, 5.74) is 1.60. The summed E-state index contributed by atoms with van der Waals surface area (Å²) in [4.78, 5) is 12.0. The van der Waals surface area contributed by atoms with Crippen molar-refractivity contribution in [3.63, 3.8) is 0 Å². The Morgan fingerprint density at radius 3 is 1.88 bits per heavy atom. The fourth-order valence-electron chi connectivity index (χ4n) is 2.34.